The second kappa shape index (κ2) is 9.06. The fraction of sp³-hybridized carbons (Fsp3) is 0.148. The number of ether oxygens (including phenoxy) is 2. The zero-order valence-electron chi connectivity index (χ0n) is 19.4. The minimum atomic E-state index is -0.484. The quantitative estimate of drug-likeness (QED) is 0.294. The predicted octanol–water partition coefficient (Wildman–Crippen LogP) is 5.44. The summed E-state index contributed by atoms with van der Waals surface area (Å²) in [5, 5.41) is 0. The summed E-state index contributed by atoms with van der Waals surface area (Å²) in [4.78, 5) is 22.6. The second-order valence-electron chi connectivity index (χ2n) is 7.91. The van der Waals surface area contributed by atoms with Crippen molar-refractivity contribution in [1.82, 2.24) is 14.5 Å². The van der Waals surface area contributed by atoms with Gasteiger partial charge in [-0.1, -0.05) is 30.3 Å². The third-order valence-electron chi connectivity index (χ3n) is 5.78. The van der Waals surface area contributed by atoms with Crippen molar-refractivity contribution in [2.75, 3.05) is 14.2 Å². The number of halogens is 1. The minimum absolute atomic E-state index is 0.194. The van der Waals surface area contributed by atoms with Crippen LogP contribution in [0.2, 0.25) is 0 Å². The molecule has 0 saturated carbocycles. The number of oxazole rings is 1. The molecule has 0 spiro atoms. The summed E-state index contributed by atoms with van der Waals surface area (Å²) in [6.07, 6.45) is 0. The van der Waals surface area contributed by atoms with Gasteiger partial charge in [0.25, 0.3) is 0 Å². The van der Waals surface area contributed by atoms with E-state index in [1.54, 1.807) is 30.9 Å². The minimum Gasteiger partial charge on any atom is -0.493 e. The number of para-hydroxylation sites is 3. The molecule has 0 aliphatic rings. The van der Waals surface area contributed by atoms with Gasteiger partial charge < -0.3 is 18.5 Å². The zero-order valence-corrected chi connectivity index (χ0v) is 19.4. The number of carbonyl (C=O) groups is 1. The summed E-state index contributed by atoms with van der Waals surface area (Å²) in [6, 6.07) is 18.5. The summed E-state index contributed by atoms with van der Waals surface area (Å²) in [6.45, 7) is 2.05. The Kier molecular flexibility index (Phi) is 5.78. The van der Waals surface area contributed by atoms with Gasteiger partial charge in [-0.15, -0.1) is 0 Å². The summed E-state index contributed by atoms with van der Waals surface area (Å²) < 4.78 is 32.5. The maximum atomic E-state index is 13.8. The van der Waals surface area contributed by atoms with Crippen LogP contribution in [0.5, 0.6) is 11.5 Å². The molecule has 8 heteroatoms. The maximum Gasteiger partial charge on any atom is 0.230 e. The summed E-state index contributed by atoms with van der Waals surface area (Å²) >= 11 is 0. The number of fused-ring (bicyclic) bond motifs is 1. The lowest BCUT2D eigenvalue weighted by atomic mass is 10.1. The number of aromatic nitrogens is 3. The van der Waals surface area contributed by atoms with Gasteiger partial charge in [-0.2, -0.15) is 0 Å². The number of ketones is 1. The van der Waals surface area contributed by atoms with Crippen molar-refractivity contribution in [2.45, 2.75) is 13.5 Å². The molecule has 5 aromatic rings. The lowest BCUT2D eigenvalue weighted by Gasteiger charge is -2.10. The van der Waals surface area contributed by atoms with Crippen LogP contribution in [0.4, 0.5) is 4.39 Å². The predicted molar refractivity (Wildman–Crippen MR) is 128 cm³/mol. The lowest BCUT2D eigenvalue weighted by molar-refractivity contribution is 0.102. The van der Waals surface area contributed by atoms with Gasteiger partial charge in [0.15, 0.2) is 17.3 Å². The molecular formula is C27H22FN3O4. The first-order valence-electron chi connectivity index (χ1n) is 10.9. The SMILES string of the molecule is COc1cccc(-c2nc(Cn3c(C(=O)c4cccc(F)c4)nc4ccccc43)c(C)o2)c1OC. The van der Waals surface area contributed by atoms with Crippen LogP contribution in [0.1, 0.15) is 27.6 Å². The summed E-state index contributed by atoms with van der Waals surface area (Å²) in [5.41, 5.74) is 2.91. The van der Waals surface area contributed by atoms with E-state index in [2.05, 4.69) is 4.98 Å². The monoisotopic (exact) mass is 471 g/mol. The van der Waals surface area contributed by atoms with E-state index >= 15 is 0 Å². The van der Waals surface area contributed by atoms with Crippen LogP contribution < -0.4 is 9.47 Å². The number of nitrogens with zero attached hydrogens (tertiary/aromatic N) is 3. The highest BCUT2D eigenvalue weighted by atomic mass is 19.1. The maximum absolute atomic E-state index is 13.8. The lowest BCUT2D eigenvalue weighted by Crippen LogP contribution is -2.13. The molecule has 0 bridgehead atoms. The summed E-state index contributed by atoms with van der Waals surface area (Å²) in [5.74, 6) is 1.37. The first kappa shape index (κ1) is 22.3. The Morgan fingerprint density at radius 1 is 1.00 bits per heavy atom. The number of benzene rings is 3. The van der Waals surface area contributed by atoms with Gasteiger partial charge in [0, 0.05) is 5.56 Å². The Morgan fingerprint density at radius 3 is 2.57 bits per heavy atom. The van der Waals surface area contributed by atoms with Crippen LogP contribution in [-0.2, 0) is 6.54 Å². The highest BCUT2D eigenvalue weighted by Gasteiger charge is 2.23. The Bertz CT molecular complexity index is 1550. The van der Waals surface area contributed by atoms with E-state index in [0.717, 1.165) is 5.52 Å². The van der Waals surface area contributed by atoms with Gasteiger partial charge >= 0.3 is 0 Å². The molecule has 0 atom stereocenters. The van der Waals surface area contributed by atoms with Crippen molar-refractivity contribution in [3.63, 3.8) is 0 Å². The van der Waals surface area contributed by atoms with E-state index in [-0.39, 0.29) is 23.7 Å². The van der Waals surface area contributed by atoms with Gasteiger partial charge in [0.2, 0.25) is 11.7 Å². The molecule has 0 aliphatic carbocycles. The van der Waals surface area contributed by atoms with Crippen molar-refractivity contribution in [3.05, 3.63) is 95.4 Å². The number of hydrogen-bond acceptors (Lipinski definition) is 6. The van der Waals surface area contributed by atoms with Crippen LogP contribution in [0.25, 0.3) is 22.5 Å². The van der Waals surface area contributed by atoms with Crippen LogP contribution in [-0.4, -0.2) is 34.5 Å². The van der Waals surface area contributed by atoms with Gasteiger partial charge in [0.1, 0.15) is 17.3 Å². The molecule has 0 unspecified atom stereocenters. The van der Waals surface area contributed by atoms with E-state index < -0.39 is 5.82 Å². The number of imidazole rings is 1. The largest absolute Gasteiger partial charge is 0.493 e. The summed E-state index contributed by atoms with van der Waals surface area (Å²) in [7, 11) is 3.12. The van der Waals surface area contributed by atoms with E-state index in [1.807, 2.05) is 43.3 Å². The molecule has 0 saturated heterocycles. The molecular weight excluding hydrogens is 449 g/mol. The smallest absolute Gasteiger partial charge is 0.230 e. The molecule has 5 rings (SSSR count). The Hall–Kier alpha value is -4.46. The number of rotatable bonds is 7. The highest BCUT2D eigenvalue weighted by molar-refractivity contribution is 6.08. The molecule has 3 aromatic carbocycles. The first-order valence-corrected chi connectivity index (χ1v) is 10.9. The van der Waals surface area contributed by atoms with Crippen molar-refractivity contribution < 1.29 is 23.1 Å². The highest BCUT2D eigenvalue weighted by Crippen LogP contribution is 2.38. The zero-order chi connectivity index (χ0) is 24.5. The van der Waals surface area contributed by atoms with Gasteiger partial charge in [-0.3, -0.25) is 4.79 Å². The average molecular weight is 471 g/mol. The van der Waals surface area contributed by atoms with Crippen LogP contribution in [0.3, 0.4) is 0 Å². The topological polar surface area (TPSA) is 79.4 Å². The number of hydrogen-bond donors (Lipinski definition) is 0. The Balaban J connectivity index is 1.59. The van der Waals surface area contributed by atoms with Crippen molar-refractivity contribution in [3.8, 4) is 23.0 Å². The molecule has 0 amide bonds. The van der Waals surface area contributed by atoms with E-state index in [0.29, 0.717) is 39.9 Å². The van der Waals surface area contributed by atoms with Gasteiger partial charge in [0.05, 0.1) is 37.4 Å². The first-order chi connectivity index (χ1) is 17.0. The normalized spacial score (nSPS) is 11.1. The number of methoxy groups -OCH3 is 2. The molecule has 176 valence electrons. The molecule has 2 aromatic heterocycles. The molecule has 7 nitrogen and oxygen atoms in total. The van der Waals surface area contributed by atoms with Gasteiger partial charge in [-0.05, 0) is 43.3 Å². The molecule has 0 radical (unpaired) electrons. The van der Waals surface area contributed by atoms with E-state index in [1.165, 1.54) is 18.2 Å². The Labute approximate surface area is 200 Å². The van der Waals surface area contributed by atoms with Crippen molar-refractivity contribution in [2.24, 2.45) is 0 Å². The average Bonchev–Trinajstić information content (AvgIpc) is 3.43. The molecule has 35 heavy (non-hydrogen) atoms. The van der Waals surface area contributed by atoms with Crippen LogP contribution >= 0.6 is 0 Å². The molecule has 0 aliphatic heterocycles. The standard InChI is InChI=1S/C27H22FN3O4/c1-16-21(30-27(35-16)19-10-7-13-23(33-2)25(19)34-3)15-31-22-12-5-4-11-20(22)29-26(31)24(32)17-8-6-9-18(28)14-17/h4-14H,15H2,1-3H3. The molecule has 0 N–H and O–H groups in total. The second-order valence-corrected chi connectivity index (χ2v) is 7.91. The number of carbonyl (C=O) groups excluding carboxylic acids is 1. The van der Waals surface area contributed by atoms with Crippen molar-refractivity contribution in [1.29, 1.82) is 0 Å². The van der Waals surface area contributed by atoms with Crippen LogP contribution in [0.15, 0.2) is 71.1 Å². The fourth-order valence-electron chi connectivity index (χ4n) is 4.06. The van der Waals surface area contributed by atoms with E-state index in [4.69, 9.17) is 18.9 Å². The Morgan fingerprint density at radius 2 is 1.80 bits per heavy atom. The van der Waals surface area contributed by atoms with Crippen molar-refractivity contribution >= 4 is 16.8 Å². The third-order valence-corrected chi connectivity index (χ3v) is 5.78. The van der Waals surface area contributed by atoms with Crippen LogP contribution in [0, 0.1) is 12.7 Å². The van der Waals surface area contributed by atoms with E-state index in [9.17, 15) is 9.18 Å². The molecule has 2 heterocycles. The van der Waals surface area contributed by atoms with Gasteiger partial charge in [-0.25, -0.2) is 14.4 Å². The fourth-order valence-corrected chi connectivity index (χ4v) is 4.06. The molecule has 0 fully saturated rings. The third kappa shape index (κ3) is 4.03. The number of aryl methyl sites for hydroxylation is 1.